The molecule has 4 heterocycles. The SMILES string of the molecule is CC(C)c1ccc(-c2ccc3c(c2)c2cccc4c5cc6c(cc5n3c24)oc2ccccc26)nc1. The van der Waals surface area contributed by atoms with E-state index in [1.54, 1.807) is 0 Å². The number of nitrogens with zero attached hydrogens (tertiary/aromatic N) is 2. The second-order valence-corrected chi connectivity index (χ2v) is 9.86. The number of para-hydroxylation sites is 2. The number of rotatable bonds is 2. The molecular formula is C32H22N2O. The molecule has 0 bridgehead atoms. The van der Waals surface area contributed by atoms with Crippen molar-refractivity contribution in [2.45, 2.75) is 19.8 Å². The van der Waals surface area contributed by atoms with E-state index in [9.17, 15) is 0 Å². The summed E-state index contributed by atoms with van der Waals surface area (Å²) in [5.74, 6) is 0.478. The second kappa shape index (κ2) is 6.61. The lowest BCUT2D eigenvalue weighted by atomic mass is 10.0. The van der Waals surface area contributed by atoms with Gasteiger partial charge in [0, 0.05) is 50.1 Å². The van der Waals surface area contributed by atoms with Crippen molar-refractivity contribution in [3.63, 3.8) is 0 Å². The average molecular weight is 451 g/mol. The largest absolute Gasteiger partial charge is 0.456 e. The van der Waals surface area contributed by atoms with Crippen molar-refractivity contribution in [2.24, 2.45) is 0 Å². The molecule has 0 unspecified atom stereocenters. The van der Waals surface area contributed by atoms with Crippen LogP contribution in [-0.2, 0) is 0 Å². The maximum Gasteiger partial charge on any atom is 0.137 e. The summed E-state index contributed by atoms with van der Waals surface area (Å²) in [5.41, 5.74) is 8.95. The number of hydrogen-bond donors (Lipinski definition) is 0. The second-order valence-electron chi connectivity index (χ2n) is 9.86. The lowest BCUT2D eigenvalue weighted by Crippen LogP contribution is -1.90. The average Bonchev–Trinajstić information content (AvgIpc) is 3.53. The number of furan rings is 1. The van der Waals surface area contributed by atoms with Gasteiger partial charge in [0.25, 0.3) is 0 Å². The Balaban J connectivity index is 1.44. The first-order chi connectivity index (χ1) is 17.2. The van der Waals surface area contributed by atoms with E-state index in [4.69, 9.17) is 9.40 Å². The summed E-state index contributed by atoms with van der Waals surface area (Å²) in [7, 11) is 0. The van der Waals surface area contributed by atoms with Crippen molar-refractivity contribution in [3.05, 3.63) is 96.7 Å². The highest BCUT2D eigenvalue weighted by Gasteiger charge is 2.19. The van der Waals surface area contributed by atoms with Gasteiger partial charge < -0.3 is 8.82 Å². The van der Waals surface area contributed by atoms with Crippen molar-refractivity contribution in [1.29, 1.82) is 0 Å². The van der Waals surface area contributed by atoms with Gasteiger partial charge >= 0.3 is 0 Å². The predicted octanol–water partition coefficient (Wildman–Crippen LogP) is 8.92. The van der Waals surface area contributed by atoms with Gasteiger partial charge in [0.2, 0.25) is 0 Å². The van der Waals surface area contributed by atoms with Crippen LogP contribution >= 0.6 is 0 Å². The van der Waals surface area contributed by atoms with Crippen LogP contribution in [0.2, 0.25) is 0 Å². The summed E-state index contributed by atoms with van der Waals surface area (Å²) in [4.78, 5) is 4.77. The van der Waals surface area contributed by atoms with Crippen LogP contribution < -0.4 is 0 Å². The lowest BCUT2D eigenvalue weighted by Gasteiger charge is -2.07. The minimum Gasteiger partial charge on any atom is -0.456 e. The Kier molecular flexibility index (Phi) is 3.58. The van der Waals surface area contributed by atoms with E-state index in [0.717, 1.165) is 22.4 Å². The predicted molar refractivity (Wildman–Crippen MR) is 146 cm³/mol. The Bertz CT molecular complexity index is 2070. The van der Waals surface area contributed by atoms with Crippen molar-refractivity contribution in [2.75, 3.05) is 0 Å². The molecule has 4 aromatic heterocycles. The highest BCUT2D eigenvalue weighted by molar-refractivity contribution is 6.25. The molecule has 0 aliphatic carbocycles. The van der Waals surface area contributed by atoms with E-state index in [1.165, 1.54) is 54.4 Å². The standard InChI is InChI=1S/C32H22N2O/c1-18(2)20-10-12-27(33-17-20)19-11-13-28-24(14-19)22-7-5-8-23-25-15-26-21-6-3-4-9-30(21)35-31(26)16-29(25)34(28)32(22)23/h3-18H,1-2H3. The zero-order valence-electron chi connectivity index (χ0n) is 19.5. The molecule has 0 aliphatic heterocycles. The first-order valence-corrected chi connectivity index (χ1v) is 12.2. The molecule has 0 atom stereocenters. The Labute approximate surface area is 201 Å². The summed E-state index contributed by atoms with van der Waals surface area (Å²) >= 11 is 0. The van der Waals surface area contributed by atoms with Gasteiger partial charge in [0.05, 0.1) is 22.2 Å². The van der Waals surface area contributed by atoms with Gasteiger partial charge in [-0.05, 0) is 41.8 Å². The van der Waals surface area contributed by atoms with Crippen LogP contribution in [0.5, 0.6) is 0 Å². The zero-order valence-corrected chi connectivity index (χ0v) is 19.5. The molecule has 0 N–H and O–H groups in total. The fourth-order valence-corrected chi connectivity index (χ4v) is 5.77. The fraction of sp³-hybridized carbons (Fsp3) is 0.0938. The van der Waals surface area contributed by atoms with Gasteiger partial charge in [-0.1, -0.05) is 62.4 Å². The highest BCUT2D eigenvalue weighted by atomic mass is 16.3. The van der Waals surface area contributed by atoms with E-state index in [0.29, 0.717) is 5.92 Å². The normalized spacial score (nSPS) is 12.5. The molecule has 8 aromatic rings. The number of pyridine rings is 1. The van der Waals surface area contributed by atoms with E-state index in [1.807, 2.05) is 18.3 Å². The summed E-state index contributed by atoms with van der Waals surface area (Å²) in [6.45, 7) is 4.40. The van der Waals surface area contributed by atoms with Crippen LogP contribution in [0, 0.1) is 0 Å². The lowest BCUT2D eigenvalue weighted by molar-refractivity contribution is 0.669. The molecule has 8 rings (SSSR count). The topological polar surface area (TPSA) is 30.4 Å². The number of hydrogen-bond acceptors (Lipinski definition) is 2. The molecule has 4 aromatic carbocycles. The van der Waals surface area contributed by atoms with E-state index >= 15 is 0 Å². The molecule has 0 fully saturated rings. The molecule has 0 amide bonds. The molecule has 35 heavy (non-hydrogen) atoms. The van der Waals surface area contributed by atoms with Gasteiger partial charge in [0.15, 0.2) is 0 Å². The van der Waals surface area contributed by atoms with Gasteiger partial charge in [-0.15, -0.1) is 0 Å². The third kappa shape index (κ3) is 2.47. The third-order valence-corrected chi connectivity index (χ3v) is 7.56. The van der Waals surface area contributed by atoms with Crippen LogP contribution in [0.15, 0.2) is 95.5 Å². The molecule has 3 nitrogen and oxygen atoms in total. The number of benzene rings is 4. The summed E-state index contributed by atoms with van der Waals surface area (Å²) in [6.07, 6.45) is 2.00. The van der Waals surface area contributed by atoms with Crippen molar-refractivity contribution in [3.8, 4) is 11.3 Å². The van der Waals surface area contributed by atoms with Crippen LogP contribution in [0.25, 0.3) is 71.3 Å². The first kappa shape index (κ1) is 19.0. The first-order valence-electron chi connectivity index (χ1n) is 12.2. The Morgan fingerprint density at radius 3 is 2.26 bits per heavy atom. The molecule has 166 valence electrons. The maximum atomic E-state index is 6.24. The number of aromatic nitrogens is 2. The molecular weight excluding hydrogens is 428 g/mol. The van der Waals surface area contributed by atoms with Crippen LogP contribution in [0.1, 0.15) is 25.3 Å². The highest BCUT2D eigenvalue weighted by Crippen LogP contribution is 2.42. The van der Waals surface area contributed by atoms with Crippen LogP contribution in [0.4, 0.5) is 0 Å². The van der Waals surface area contributed by atoms with E-state index in [-0.39, 0.29) is 0 Å². The monoisotopic (exact) mass is 450 g/mol. The van der Waals surface area contributed by atoms with Gasteiger partial charge in [-0.25, -0.2) is 0 Å². The molecule has 3 heteroatoms. The zero-order chi connectivity index (χ0) is 23.3. The van der Waals surface area contributed by atoms with Gasteiger partial charge in [-0.2, -0.15) is 0 Å². The third-order valence-electron chi connectivity index (χ3n) is 7.56. The Morgan fingerprint density at radius 2 is 1.46 bits per heavy atom. The molecule has 0 aliphatic rings. The smallest absolute Gasteiger partial charge is 0.137 e. The fourth-order valence-electron chi connectivity index (χ4n) is 5.77. The van der Waals surface area contributed by atoms with Gasteiger partial charge in [0.1, 0.15) is 11.2 Å². The van der Waals surface area contributed by atoms with Crippen LogP contribution in [-0.4, -0.2) is 9.38 Å². The summed E-state index contributed by atoms with van der Waals surface area (Å²) in [6, 6.07) is 30.5. The summed E-state index contributed by atoms with van der Waals surface area (Å²) in [5, 5.41) is 7.41. The Hall–Kier alpha value is -4.37. The van der Waals surface area contributed by atoms with E-state index in [2.05, 4.69) is 91.0 Å². The Morgan fingerprint density at radius 1 is 0.657 bits per heavy atom. The molecule has 0 saturated carbocycles. The molecule has 0 saturated heterocycles. The minimum absolute atomic E-state index is 0.478. The number of fused-ring (bicyclic) bond motifs is 9. The van der Waals surface area contributed by atoms with Crippen molar-refractivity contribution < 1.29 is 4.42 Å². The quantitative estimate of drug-likeness (QED) is 0.263. The summed E-state index contributed by atoms with van der Waals surface area (Å²) < 4.78 is 8.65. The van der Waals surface area contributed by atoms with Crippen molar-refractivity contribution in [1.82, 2.24) is 9.38 Å². The van der Waals surface area contributed by atoms with Crippen molar-refractivity contribution >= 4 is 60.0 Å². The maximum absolute atomic E-state index is 6.24. The van der Waals surface area contributed by atoms with Crippen LogP contribution in [0.3, 0.4) is 0 Å². The molecule has 0 radical (unpaired) electrons. The molecule has 0 spiro atoms. The minimum atomic E-state index is 0.478. The van der Waals surface area contributed by atoms with Gasteiger partial charge in [-0.3, -0.25) is 4.98 Å². The van der Waals surface area contributed by atoms with E-state index < -0.39 is 0 Å².